The van der Waals surface area contributed by atoms with Crippen molar-refractivity contribution in [3.8, 4) is 0 Å². The standard InChI is InChI=1S/2C7H15.Mo.2H3O3PS/c2*1-3-5-7-6-4-2;;2*1-4(2,3)5/h2*1,3-7H2,2H3;;2*(H3,1,2,3,5). The van der Waals surface area contributed by atoms with Crippen LogP contribution in [0.4, 0.5) is 0 Å². The van der Waals surface area contributed by atoms with Gasteiger partial charge in [0.15, 0.2) is 0 Å². The van der Waals surface area contributed by atoms with Gasteiger partial charge in [-0.3, -0.25) is 0 Å². The fourth-order valence-electron chi connectivity index (χ4n) is 1.72. The van der Waals surface area contributed by atoms with E-state index >= 15 is 0 Å². The van der Waals surface area contributed by atoms with E-state index in [1.807, 2.05) is 0 Å². The predicted molar refractivity (Wildman–Crippen MR) is 109 cm³/mol. The number of hydrogen-bond donors (Lipinski definition) is 6. The molecule has 6 N–H and O–H groups in total. The van der Waals surface area contributed by atoms with Crippen molar-refractivity contribution in [3.05, 3.63) is 0 Å². The smallest absolute Gasteiger partial charge is 0.319 e. The molecule has 0 aliphatic rings. The van der Waals surface area contributed by atoms with E-state index < -0.39 is 13.4 Å². The van der Waals surface area contributed by atoms with Crippen LogP contribution < -0.4 is 0 Å². The van der Waals surface area contributed by atoms with Gasteiger partial charge >= 0.3 is 120 Å². The van der Waals surface area contributed by atoms with Crippen molar-refractivity contribution in [2.75, 3.05) is 0 Å². The Morgan fingerprint density at radius 2 is 0.800 bits per heavy atom. The van der Waals surface area contributed by atoms with Crippen LogP contribution in [0.5, 0.6) is 0 Å². The molecule has 0 saturated carbocycles. The van der Waals surface area contributed by atoms with Crippen molar-refractivity contribution in [2.45, 2.75) is 87.7 Å². The van der Waals surface area contributed by atoms with Crippen LogP contribution in [0.1, 0.15) is 78.1 Å². The summed E-state index contributed by atoms with van der Waals surface area (Å²) in [6, 6.07) is 0. The molecule has 11 heteroatoms. The molecule has 0 aromatic heterocycles. The van der Waals surface area contributed by atoms with Crippen molar-refractivity contribution in [1.29, 1.82) is 0 Å². The Morgan fingerprint density at radius 3 is 1.04 bits per heavy atom. The molecule has 0 unspecified atom stereocenters. The van der Waals surface area contributed by atoms with Gasteiger partial charge in [-0.25, -0.2) is 0 Å². The third kappa shape index (κ3) is 76.8. The molecule has 0 bridgehead atoms. The molecule has 0 aliphatic heterocycles. The first kappa shape index (κ1) is 31.4. The molecule has 0 fully saturated rings. The second kappa shape index (κ2) is 22.0. The van der Waals surface area contributed by atoms with Crippen LogP contribution in [-0.4, -0.2) is 29.4 Å². The van der Waals surface area contributed by atoms with Gasteiger partial charge in [0.25, 0.3) is 0 Å². The number of rotatable bonds is 12. The quantitative estimate of drug-likeness (QED) is 0.128. The molecule has 6 nitrogen and oxygen atoms in total. The van der Waals surface area contributed by atoms with Gasteiger partial charge < -0.3 is 29.4 Å². The Balaban J connectivity index is -0.000000396. The zero-order chi connectivity index (χ0) is 20.2. The third-order valence-electron chi connectivity index (χ3n) is 2.78. The van der Waals surface area contributed by atoms with Crippen molar-refractivity contribution in [2.24, 2.45) is 0 Å². The first-order chi connectivity index (χ1) is 11.4. The maximum Gasteiger partial charge on any atom is 0.319 e. The van der Waals surface area contributed by atoms with E-state index in [1.54, 1.807) is 9.62 Å². The second-order valence-corrected chi connectivity index (χ2v) is 13.5. The molecule has 0 aromatic carbocycles. The van der Waals surface area contributed by atoms with E-state index in [4.69, 9.17) is 29.4 Å². The molecule has 156 valence electrons. The van der Waals surface area contributed by atoms with E-state index in [9.17, 15) is 0 Å². The summed E-state index contributed by atoms with van der Waals surface area (Å²) in [6.45, 7) is -3.02. The Morgan fingerprint density at radius 1 is 0.560 bits per heavy atom. The van der Waals surface area contributed by atoms with Gasteiger partial charge in [0.05, 0.1) is 0 Å². The molecule has 0 radical (unpaired) electrons. The molecule has 25 heavy (non-hydrogen) atoms. The average molecular weight is 522 g/mol. The zero-order valence-corrected chi connectivity index (χ0v) is 20.7. The normalized spacial score (nSPS) is 11.2. The van der Waals surface area contributed by atoms with Gasteiger partial charge in [0.2, 0.25) is 0 Å². The minimum atomic E-state index is -3.81. The van der Waals surface area contributed by atoms with Gasteiger partial charge in [-0.15, -0.1) is 0 Å². The van der Waals surface area contributed by atoms with Gasteiger partial charge in [-0.1, -0.05) is 0 Å². The molecule has 0 aromatic rings. The maximum atomic E-state index is 7.56. The summed E-state index contributed by atoms with van der Waals surface area (Å²) in [5, 5.41) is 0. The predicted octanol–water partition coefficient (Wildman–Crippen LogP) is 4.22. The maximum absolute atomic E-state index is 7.56. The van der Waals surface area contributed by atoms with Crippen molar-refractivity contribution >= 4 is 37.1 Å². The minimum Gasteiger partial charge on any atom is -0.325 e. The Kier molecular flexibility index (Phi) is 27.7. The Hall–Kier alpha value is 1.75. The first-order valence-electron chi connectivity index (χ1n) is 8.56. The molecular formula is C14H36MoO6P2S2. The van der Waals surface area contributed by atoms with Crippen LogP contribution in [0.3, 0.4) is 0 Å². The van der Waals surface area contributed by atoms with Gasteiger partial charge in [-0.2, -0.15) is 0 Å². The van der Waals surface area contributed by atoms with Crippen LogP contribution in [0, 0.1) is 0 Å². The Bertz CT molecular complexity index is 304. The topological polar surface area (TPSA) is 121 Å². The third-order valence-corrected chi connectivity index (χ3v) is 5.62. The van der Waals surface area contributed by atoms with Gasteiger partial charge in [0.1, 0.15) is 0 Å². The zero-order valence-electron chi connectivity index (χ0n) is 15.3. The molecule has 0 spiro atoms. The van der Waals surface area contributed by atoms with E-state index in [2.05, 4.69) is 37.5 Å². The van der Waals surface area contributed by atoms with Crippen LogP contribution in [-0.2, 0) is 42.2 Å². The number of hydrogen-bond acceptors (Lipinski definition) is 2. The average Bonchev–Trinajstić information content (AvgIpc) is 2.41. The van der Waals surface area contributed by atoms with E-state index in [1.165, 1.54) is 64.2 Å². The van der Waals surface area contributed by atoms with E-state index in [0.717, 1.165) is 0 Å². The first-order valence-corrected chi connectivity index (χ1v) is 16.7. The number of unbranched alkanes of at least 4 members (excludes halogenated alkanes) is 8. The van der Waals surface area contributed by atoms with E-state index in [0.29, 0.717) is 18.6 Å². The summed E-state index contributed by atoms with van der Waals surface area (Å²) in [5.74, 6) is 0. The summed E-state index contributed by atoms with van der Waals surface area (Å²) >= 11 is 7.62. The molecule has 0 aliphatic carbocycles. The van der Waals surface area contributed by atoms with Crippen molar-refractivity contribution in [1.82, 2.24) is 0 Å². The van der Waals surface area contributed by atoms with Gasteiger partial charge in [-0.05, 0) is 23.6 Å². The molecule has 0 saturated heterocycles. The van der Waals surface area contributed by atoms with Crippen molar-refractivity contribution < 1.29 is 47.9 Å². The van der Waals surface area contributed by atoms with E-state index in [-0.39, 0.29) is 0 Å². The van der Waals surface area contributed by atoms with Gasteiger partial charge in [0, 0.05) is 0 Å². The van der Waals surface area contributed by atoms with Crippen LogP contribution >= 0.6 is 13.4 Å². The SMILES string of the molecule is CCCCCC[CH2][Mo][CH2]CCCCCC.OP(O)(O)=S.OP(O)(O)=S. The molecular weight excluding hydrogens is 486 g/mol. The summed E-state index contributed by atoms with van der Waals surface area (Å²) in [6.07, 6.45) is 14.7. The second-order valence-electron chi connectivity index (χ2n) is 5.47. The molecule has 0 atom stereocenters. The molecule has 0 heterocycles. The monoisotopic (exact) mass is 524 g/mol. The van der Waals surface area contributed by atoms with Crippen molar-refractivity contribution in [3.63, 3.8) is 0 Å². The summed E-state index contributed by atoms with van der Waals surface area (Å²) in [5.41, 5.74) is 0. The summed E-state index contributed by atoms with van der Waals surface area (Å²) < 4.78 is 0. The fraction of sp³-hybridized carbons (Fsp3) is 1.00. The molecule has 0 amide bonds. The summed E-state index contributed by atoms with van der Waals surface area (Å²) in [7, 11) is 0. The molecule has 0 rings (SSSR count). The Labute approximate surface area is 172 Å². The van der Waals surface area contributed by atoms with Crippen LogP contribution in [0.25, 0.3) is 0 Å². The minimum absolute atomic E-state index is 0.416. The summed E-state index contributed by atoms with van der Waals surface area (Å²) in [4.78, 5) is 48.6. The fourth-order valence-corrected chi connectivity index (χ4v) is 4.23. The van der Waals surface area contributed by atoms with Crippen LogP contribution in [0.15, 0.2) is 0 Å². The largest absolute Gasteiger partial charge is 0.325 e. The van der Waals surface area contributed by atoms with Crippen LogP contribution in [0.2, 0.25) is 9.62 Å².